The SMILES string of the molecule is CC(C)NC(N)=O.c1ccncc1. The Kier molecular flexibility index (Phi) is 6.23. The van der Waals surface area contributed by atoms with Gasteiger partial charge in [0, 0.05) is 18.4 Å². The van der Waals surface area contributed by atoms with Gasteiger partial charge in [0.1, 0.15) is 0 Å². The van der Waals surface area contributed by atoms with Crippen LogP contribution < -0.4 is 11.1 Å². The highest BCUT2D eigenvalue weighted by atomic mass is 16.2. The molecule has 0 saturated carbocycles. The minimum atomic E-state index is -0.463. The Balaban J connectivity index is 0.000000223. The number of carbonyl (C=O) groups is 1. The lowest BCUT2D eigenvalue weighted by Gasteiger charge is -2.01. The summed E-state index contributed by atoms with van der Waals surface area (Å²) in [6, 6.07) is 5.40. The summed E-state index contributed by atoms with van der Waals surface area (Å²) in [5.41, 5.74) is 4.74. The number of nitrogens with two attached hydrogens (primary N) is 1. The molecule has 0 bridgehead atoms. The van der Waals surface area contributed by atoms with Gasteiger partial charge in [0.2, 0.25) is 0 Å². The van der Waals surface area contributed by atoms with Crippen molar-refractivity contribution in [3.8, 4) is 0 Å². The van der Waals surface area contributed by atoms with E-state index in [-0.39, 0.29) is 6.04 Å². The van der Waals surface area contributed by atoms with Crippen LogP contribution in [0, 0.1) is 0 Å². The molecular formula is C9H15N3O. The van der Waals surface area contributed by atoms with Crippen molar-refractivity contribution in [1.82, 2.24) is 10.3 Å². The number of primary amides is 1. The van der Waals surface area contributed by atoms with Gasteiger partial charge >= 0.3 is 6.03 Å². The summed E-state index contributed by atoms with van der Waals surface area (Å²) >= 11 is 0. The van der Waals surface area contributed by atoms with Gasteiger partial charge in [0.05, 0.1) is 0 Å². The number of nitrogens with one attached hydrogen (secondary N) is 1. The van der Waals surface area contributed by atoms with Crippen molar-refractivity contribution in [1.29, 1.82) is 0 Å². The molecule has 0 spiro atoms. The van der Waals surface area contributed by atoms with E-state index in [9.17, 15) is 4.79 Å². The molecule has 3 N–H and O–H groups in total. The average molecular weight is 181 g/mol. The van der Waals surface area contributed by atoms with Gasteiger partial charge in [-0.1, -0.05) is 6.07 Å². The van der Waals surface area contributed by atoms with E-state index in [0.717, 1.165) is 0 Å². The summed E-state index contributed by atoms with van der Waals surface area (Å²) in [4.78, 5) is 13.7. The van der Waals surface area contributed by atoms with Crippen molar-refractivity contribution in [3.05, 3.63) is 30.6 Å². The van der Waals surface area contributed by atoms with Crippen LogP contribution in [0.25, 0.3) is 0 Å². The van der Waals surface area contributed by atoms with E-state index in [4.69, 9.17) is 5.73 Å². The zero-order valence-corrected chi connectivity index (χ0v) is 7.90. The summed E-state index contributed by atoms with van der Waals surface area (Å²) in [6.45, 7) is 3.70. The Labute approximate surface area is 78.2 Å². The highest BCUT2D eigenvalue weighted by Gasteiger charge is 1.91. The molecule has 0 aromatic carbocycles. The Morgan fingerprint density at radius 1 is 1.31 bits per heavy atom. The number of hydrogen-bond acceptors (Lipinski definition) is 2. The van der Waals surface area contributed by atoms with Gasteiger partial charge in [-0.15, -0.1) is 0 Å². The number of hydrogen-bond donors (Lipinski definition) is 2. The molecule has 4 heteroatoms. The van der Waals surface area contributed by atoms with Gasteiger partial charge in [0.15, 0.2) is 0 Å². The Morgan fingerprint density at radius 3 is 1.92 bits per heavy atom. The van der Waals surface area contributed by atoms with Crippen LogP contribution in [-0.2, 0) is 0 Å². The molecule has 0 aliphatic heterocycles. The van der Waals surface area contributed by atoms with Crippen molar-refractivity contribution < 1.29 is 4.79 Å². The maximum atomic E-state index is 9.92. The molecular weight excluding hydrogens is 166 g/mol. The summed E-state index contributed by atoms with van der Waals surface area (Å²) < 4.78 is 0. The molecule has 13 heavy (non-hydrogen) atoms. The topological polar surface area (TPSA) is 68.0 Å². The molecule has 1 heterocycles. The lowest BCUT2D eigenvalue weighted by molar-refractivity contribution is 0.247. The molecule has 4 nitrogen and oxygen atoms in total. The zero-order chi connectivity index (χ0) is 10.1. The van der Waals surface area contributed by atoms with Gasteiger partial charge in [-0.05, 0) is 26.0 Å². The van der Waals surface area contributed by atoms with Crippen molar-refractivity contribution in [2.75, 3.05) is 0 Å². The molecule has 0 aliphatic rings. The van der Waals surface area contributed by atoms with Crippen molar-refractivity contribution in [3.63, 3.8) is 0 Å². The summed E-state index contributed by atoms with van der Waals surface area (Å²) in [5.74, 6) is 0. The van der Waals surface area contributed by atoms with Crippen LogP contribution >= 0.6 is 0 Å². The minimum absolute atomic E-state index is 0.150. The van der Waals surface area contributed by atoms with Crippen molar-refractivity contribution in [2.24, 2.45) is 5.73 Å². The molecule has 0 atom stereocenters. The molecule has 0 unspecified atom stereocenters. The quantitative estimate of drug-likeness (QED) is 0.682. The molecule has 2 amide bonds. The predicted octanol–water partition coefficient (Wildman–Crippen LogP) is 1.14. The van der Waals surface area contributed by atoms with E-state index in [1.165, 1.54) is 0 Å². The van der Waals surface area contributed by atoms with Gasteiger partial charge in [-0.3, -0.25) is 4.98 Å². The normalized spacial score (nSPS) is 8.54. The third-order valence-corrected chi connectivity index (χ3v) is 0.997. The second kappa shape index (κ2) is 7.09. The van der Waals surface area contributed by atoms with Gasteiger partial charge < -0.3 is 11.1 Å². The van der Waals surface area contributed by atoms with Crippen molar-refractivity contribution in [2.45, 2.75) is 19.9 Å². The number of nitrogens with zero attached hydrogens (tertiary/aromatic N) is 1. The molecule has 0 saturated heterocycles. The second-order valence-electron chi connectivity index (χ2n) is 2.69. The second-order valence-corrected chi connectivity index (χ2v) is 2.69. The van der Waals surface area contributed by atoms with E-state index in [1.807, 2.05) is 32.0 Å². The number of aromatic nitrogens is 1. The molecule has 1 rings (SSSR count). The first-order chi connectivity index (χ1) is 6.13. The molecule has 1 aromatic rings. The maximum Gasteiger partial charge on any atom is 0.312 e. The number of pyridine rings is 1. The van der Waals surface area contributed by atoms with Crippen LogP contribution in [-0.4, -0.2) is 17.1 Å². The predicted molar refractivity (Wildman–Crippen MR) is 52.1 cm³/mol. The van der Waals surface area contributed by atoms with Crippen LogP contribution in [0.4, 0.5) is 4.79 Å². The average Bonchev–Trinajstić information content (AvgIpc) is 2.06. The first-order valence-corrected chi connectivity index (χ1v) is 4.04. The van der Waals surface area contributed by atoms with Crippen LogP contribution in [0.15, 0.2) is 30.6 Å². The van der Waals surface area contributed by atoms with Crippen LogP contribution in [0.1, 0.15) is 13.8 Å². The molecule has 0 aliphatic carbocycles. The largest absolute Gasteiger partial charge is 0.352 e. The van der Waals surface area contributed by atoms with Crippen LogP contribution in [0.2, 0.25) is 0 Å². The number of amides is 2. The standard InChI is InChI=1S/C5H5N.C4H10N2O/c1-2-4-6-5-3-1;1-3(2)6-4(5)7/h1-5H;3H,1-2H3,(H3,5,6,7). The number of urea groups is 1. The number of rotatable bonds is 1. The highest BCUT2D eigenvalue weighted by Crippen LogP contribution is 1.73. The Hall–Kier alpha value is -1.58. The summed E-state index contributed by atoms with van der Waals surface area (Å²) in [7, 11) is 0. The first-order valence-electron chi connectivity index (χ1n) is 4.04. The summed E-state index contributed by atoms with van der Waals surface area (Å²) in [6.07, 6.45) is 3.50. The third kappa shape index (κ3) is 10.4. The maximum absolute atomic E-state index is 9.92. The fourth-order valence-electron chi connectivity index (χ4n) is 0.597. The molecule has 0 radical (unpaired) electrons. The van der Waals surface area contributed by atoms with E-state index in [2.05, 4.69) is 10.3 Å². The fraction of sp³-hybridized carbons (Fsp3) is 0.333. The Bertz CT molecular complexity index is 197. The fourth-order valence-corrected chi connectivity index (χ4v) is 0.597. The van der Waals surface area contributed by atoms with E-state index in [0.29, 0.717) is 0 Å². The van der Waals surface area contributed by atoms with Crippen molar-refractivity contribution >= 4 is 6.03 Å². The first kappa shape index (κ1) is 11.4. The van der Waals surface area contributed by atoms with E-state index in [1.54, 1.807) is 12.4 Å². The summed E-state index contributed by atoms with van der Waals surface area (Å²) in [5, 5.41) is 2.44. The Morgan fingerprint density at radius 2 is 1.85 bits per heavy atom. The lowest BCUT2D eigenvalue weighted by atomic mass is 10.4. The molecule has 1 aromatic heterocycles. The van der Waals surface area contributed by atoms with Gasteiger partial charge in [0.25, 0.3) is 0 Å². The van der Waals surface area contributed by atoms with E-state index < -0.39 is 6.03 Å². The van der Waals surface area contributed by atoms with Gasteiger partial charge in [-0.25, -0.2) is 4.79 Å². The molecule has 72 valence electrons. The zero-order valence-electron chi connectivity index (χ0n) is 7.90. The van der Waals surface area contributed by atoms with E-state index >= 15 is 0 Å². The molecule has 0 fully saturated rings. The number of carbonyl (C=O) groups excluding carboxylic acids is 1. The third-order valence-electron chi connectivity index (χ3n) is 0.997. The van der Waals surface area contributed by atoms with Gasteiger partial charge in [-0.2, -0.15) is 0 Å². The van der Waals surface area contributed by atoms with Crippen LogP contribution in [0.3, 0.4) is 0 Å². The van der Waals surface area contributed by atoms with Crippen LogP contribution in [0.5, 0.6) is 0 Å². The monoisotopic (exact) mass is 181 g/mol. The highest BCUT2D eigenvalue weighted by molar-refractivity contribution is 5.71. The minimum Gasteiger partial charge on any atom is -0.352 e. The smallest absolute Gasteiger partial charge is 0.312 e. The lowest BCUT2D eigenvalue weighted by Crippen LogP contribution is -2.34.